The average molecular weight is 252 g/mol. The Kier molecular flexibility index (Phi) is 2.59. The summed E-state index contributed by atoms with van der Waals surface area (Å²) in [5.74, 6) is -1.96. The van der Waals surface area contributed by atoms with Crippen molar-refractivity contribution in [1.29, 1.82) is 5.26 Å². The molecule has 0 amide bonds. The monoisotopic (exact) mass is 252 g/mol. The van der Waals surface area contributed by atoms with Gasteiger partial charge in [0.25, 0.3) is 0 Å². The minimum Gasteiger partial charge on any atom is -0.256 e. The number of halogens is 2. The second kappa shape index (κ2) is 3.96. The van der Waals surface area contributed by atoms with Gasteiger partial charge in [0.15, 0.2) is 5.82 Å². The molecule has 0 aliphatic rings. The summed E-state index contributed by atoms with van der Waals surface area (Å²) in [6.45, 7) is 0. The van der Waals surface area contributed by atoms with Crippen LogP contribution >= 0.6 is 0 Å². The van der Waals surface area contributed by atoms with Crippen molar-refractivity contribution < 1.29 is 8.78 Å². The first kappa shape index (κ1) is 11.8. The van der Waals surface area contributed by atoms with E-state index in [9.17, 15) is 18.4 Å². The van der Waals surface area contributed by atoms with Crippen molar-refractivity contribution in [3.8, 4) is 11.8 Å². The van der Waals surface area contributed by atoms with E-state index in [2.05, 4.69) is 0 Å². The standard InChI is InChI=1S/C10H6F2N4O2/c1-15-9(17)14-10(18)16(15)8-3-6(11)5(4-13)2-7(8)12/h2-3H,1H3,(H,14,17,18). The lowest BCUT2D eigenvalue weighted by Crippen LogP contribution is -2.23. The van der Waals surface area contributed by atoms with Gasteiger partial charge >= 0.3 is 11.4 Å². The van der Waals surface area contributed by atoms with Crippen molar-refractivity contribution >= 4 is 0 Å². The molecule has 2 aromatic rings. The number of nitrogens with one attached hydrogen (secondary N) is 1. The number of aromatic amines is 1. The summed E-state index contributed by atoms with van der Waals surface area (Å²) >= 11 is 0. The molecule has 2 rings (SSSR count). The summed E-state index contributed by atoms with van der Waals surface area (Å²) in [6.07, 6.45) is 0. The minimum absolute atomic E-state index is 0.447. The summed E-state index contributed by atoms with van der Waals surface area (Å²) in [6, 6.07) is 2.81. The zero-order chi connectivity index (χ0) is 13.4. The normalized spacial score (nSPS) is 10.3. The molecule has 18 heavy (non-hydrogen) atoms. The van der Waals surface area contributed by atoms with E-state index in [0.29, 0.717) is 16.8 Å². The number of hydrogen-bond acceptors (Lipinski definition) is 3. The van der Waals surface area contributed by atoms with Crippen LogP contribution in [0.15, 0.2) is 21.7 Å². The van der Waals surface area contributed by atoms with Crippen molar-refractivity contribution in [2.45, 2.75) is 0 Å². The van der Waals surface area contributed by atoms with Gasteiger partial charge in [0.05, 0.1) is 5.56 Å². The number of H-pyrrole nitrogens is 1. The molecule has 0 unspecified atom stereocenters. The van der Waals surface area contributed by atoms with Crippen LogP contribution in [-0.4, -0.2) is 14.3 Å². The van der Waals surface area contributed by atoms with Crippen LogP contribution in [-0.2, 0) is 7.05 Å². The predicted octanol–water partition coefficient (Wildman–Crippen LogP) is 0.0142. The quantitative estimate of drug-likeness (QED) is 0.776. The molecular weight excluding hydrogens is 246 g/mol. The van der Waals surface area contributed by atoms with Crippen LogP contribution in [0.3, 0.4) is 0 Å². The number of nitrogens with zero attached hydrogens (tertiary/aromatic N) is 3. The predicted molar refractivity (Wildman–Crippen MR) is 56.3 cm³/mol. The van der Waals surface area contributed by atoms with E-state index in [1.165, 1.54) is 13.1 Å². The molecule has 0 bridgehead atoms. The lowest BCUT2D eigenvalue weighted by Gasteiger charge is -2.07. The van der Waals surface area contributed by atoms with E-state index < -0.39 is 34.3 Å². The third-order valence-electron chi connectivity index (χ3n) is 2.39. The Hall–Kier alpha value is -2.69. The van der Waals surface area contributed by atoms with Gasteiger partial charge in [-0.2, -0.15) is 9.94 Å². The van der Waals surface area contributed by atoms with E-state index in [-0.39, 0.29) is 0 Å². The van der Waals surface area contributed by atoms with Gasteiger partial charge in [-0.3, -0.25) is 4.98 Å². The fourth-order valence-corrected chi connectivity index (χ4v) is 1.51. The number of aromatic nitrogens is 3. The fraction of sp³-hybridized carbons (Fsp3) is 0.100. The molecule has 0 aliphatic carbocycles. The van der Waals surface area contributed by atoms with Crippen LogP contribution in [0.2, 0.25) is 0 Å². The van der Waals surface area contributed by atoms with Crippen molar-refractivity contribution in [2.24, 2.45) is 7.05 Å². The molecular formula is C10H6F2N4O2. The zero-order valence-corrected chi connectivity index (χ0v) is 9.07. The van der Waals surface area contributed by atoms with Crippen molar-refractivity contribution in [2.75, 3.05) is 0 Å². The van der Waals surface area contributed by atoms with Crippen molar-refractivity contribution in [3.63, 3.8) is 0 Å². The van der Waals surface area contributed by atoms with Gasteiger partial charge in [0.2, 0.25) is 0 Å². The Balaban J connectivity index is 2.81. The Morgan fingerprint density at radius 3 is 2.39 bits per heavy atom. The van der Waals surface area contributed by atoms with Crippen LogP contribution in [0.5, 0.6) is 0 Å². The molecule has 8 heteroatoms. The molecule has 0 fully saturated rings. The number of benzene rings is 1. The molecule has 0 aliphatic heterocycles. The van der Waals surface area contributed by atoms with E-state index in [4.69, 9.17) is 5.26 Å². The largest absolute Gasteiger partial charge is 0.349 e. The first-order valence-electron chi connectivity index (χ1n) is 4.73. The second-order valence-corrected chi connectivity index (χ2v) is 3.47. The molecule has 0 spiro atoms. The highest BCUT2D eigenvalue weighted by Gasteiger charge is 2.15. The number of hydrogen-bond donors (Lipinski definition) is 1. The van der Waals surface area contributed by atoms with Crippen LogP contribution in [0.1, 0.15) is 5.56 Å². The minimum atomic E-state index is -0.982. The first-order chi connectivity index (χ1) is 8.45. The molecule has 0 atom stereocenters. The SMILES string of the molecule is Cn1c(=O)[nH]c(=O)n1-c1cc(F)c(C#N)cc1F. The summed E-state index contributed by atoms with van der Waals surface area (Å²) in [5, 5.41) is 8.53. The highest BCUT2D eigenvalue weighted by molar-refractivity contribution is 5.41. The van der Waals surface area contributed by atoms with Gasteiger partial charge in [-0.25, -0.2) is 23.1 Å². The van der Waals surface area contributed by atoms with E-state index in [1.54, 1.807) is 0 Å². The van der Waals surface area contributed by atoms with Gasteiger partial charge in [0, 0.05) is 13.1 Å². The maximum Gasteiger partial charge on any atom is 0.349 e. The fourth-order valence-electron chi connectivity index (χ4n) is 1.51. The van der Waals surface area contributed by atoms with Crippen LogP contribution < -0.4 is 11.4 Å². The van der Waals surface area contributed by atoms with Gasteiger partial charge in [-0.05, 0) is 6.07 Å². The average Bonchev–Trinajstić information content (AvgIpc) is 2.56. The summed E-state index contributed by atoms with van der Waals surface area (Å²) in [5.41, 5.74) is -2.59. The van der Waals surface area contributed by atoms with Crippen LogP contribution in [0, 0.1) is 23.0 Å². The molecule has 0 radical (unpaired) electrons. The van der Waals surface area contributed by atoms with Crippen molar-refractivity contribution in [3.05, 3.63) is 50.3 Å². The Labute approximate surface area is 98.3 Å². The molecule has 1 heterocycles. The van der Waals surface area contributed by atoms with Crippen molar-refractivity contribution in [1.82, 2.24) is 14.3 Å². The third-order valence-corrected chi connectivity index (χ3v) is 2.39. The number of nitriles is 1. The third kappa shape index (κ3) is 1.62. The molecule has 0 saturated carbocycles. The Morgan fingerprint density at radius 2 is 1.89 bits per heavy atom. The number of rotatable bonds is 1. The van der Waals surface area contributed by atoms with E-state index in [0.717, 1.165) is 4.68 Å². The summed E-state index contributed by atoms with van der Waals surface area (Å²) in [7, 11) is 1.22. The van der Waals surface area contributed by atoms with Gasteiger partial charge in [-0.15, -0.1) is 0 Å². The van der Waals surface area contributed by atoms with E-state index >= 15 is 0 Å². The molecule has 0 saturated heterocycles. The van der Waals surface area contributed by atoms with Gasteiger partial charge in [0.1, 0.15) is 17.6 Å². The molecule has 92 valence electrons. The second-order valence-electron chi connectivity index (χ2n) is 3.47. The van der Waals surface area contributed by atoms with Crippen LogP contribution in [0.25, 0.3) is 5.69 Å². The lowest BCUT2D eigenvalue weighted by molar-refractivity contribution is 0.554. The van der Waals surface area contributed by atoms with E-state index in [1.807, 2.05) is 4.98 Å². The zero-order valence-electron chi connectivity index (χ0n) is 9.07. The maximum absolute atomic E-state index is 13.7. The Morgan fingerprint density at radius 1 is 1.22 bits per heavy atom. The Bertz CT molecular complexity index is 779. The smallest absolute Gasteiger partial charge is 0.256 e. The van der Waals surface area contributed by atoms with Gasteiger partial charge in [-0.1, -0.05) is 0 Å². The topological polar surface area (TPSA) is 83.6 Å². The van der Waals surface area contributed by atoms with Crippen LogP contribution in [0.4, 0.5) is 8.78 Å². The molecule has 1 aromatic carbocycles. The van der Waals surface area contributed by atoms with Gasteiger partial charge < -0.3 is 0 Å². The molecule has 1 N–H and O–H groups in total. The summed E-state index contributed by atoms with van der Waals surface area (Å²) in [4.78, 5) is 24.5. The summed E-state index contributed by atoms with van der Waals surface area (Å²) < 4.78 is 28.5. The molecule has 1 aromatic heterocycles. The molecule has 6 nitrogen and oxygen atoms in total. The highest BCUT2D eigenvalue weighted by atomic mass is 19.1. The highest BCUT2D eigenvalue weighted by Crippen LogP contribution is 2.16. The first-order valence-corrected chi connectivity index (χ1v) is 4.73. The maximum atomic E-state index is 13.7. The lowest BCUT2D eigenvalue weighted by atomic mass is 10.2.